The monoisotopic (exact) mass is 483 g/mol. The van der Waals surface area contributed by atoms with Gasteiger partial charge in [-0.1, -0.05) is 30.9 Å². The van der Waals surface area contributed by atoms with E-state index in [2.05, 4.69) is 95.4 Å². The molecule has 0 radical (unpaired) electrons. The molecular weight excluding hydrogens is 454 g/mol. The summed E-state index contributed by atoms with van der Waals surface area (Å²) in [4.78, 5) is 16.8. The molecule has 3 fully saturated rings. The zero-order valence-electron chi connectivity index (χ0n) is 20.9. The first-order valence-corrected chi connectivity index (χ1v) is 13.2. The number of fused-ring (bicyclic) bond motifs is 5. The number of nitrogens with zero attached hydrogens (tertiary/aromatic N) is 2. The fraction of sp³-hybridized carbons (Fsp3) is 0.312. The van der Waals surface area contributed by atoms with E-state index in [1.54, 1.807) is 0 Å². The number of rotatable bonds is 4. The number of terminal acetylenes is 1. The van der Waals surface area contributed by atoms with Gasteiger partial charge in [0, 0.05) is 28.5 Å². The zero-order chi connectivity index (χ0) is 25.1. The third kappa shape index (κ3) is 3.97. The van der Waals surface area contributed by atoms with Gasteiger partial charge in [-0.05, 0) is 78.8 Å². The number of imidazole rings is 2. The van der Waals surface area contributed by atoms with E-state index in [-0.39, 0.29) is 0 Å². The molecule has 5 nitrogen and oxygen atoms in total. The molecule has 3 unspecified atom stereocenters. The quantitative estimate of drug-likeness (QED) is 0.280. The van der Waals surface area contributed by atoms with Crippen molar-refractivity contribution in [2.24, 2.45) is 17.8 Å². The minimum Gasteiger partial charge on any atom is -0.342 e. The molecule has 2 aromatic heterocycles. The molecule has 2 heterocycles. The molecule has 182 valence electrons. The highest BCUT2D eigenvalue weighted by molar-refractivity contribution is 6.04. The Balaban J connectivity index is 0.00000113. The number of hydrogen-bond acceptors (Lipinski definition) is 3. The van der Waals surface area contributed by atoms with E-state index in [4.69, 9.17) is 9.97 Å². The molecule has 0 aliphatic heterocycles. The Kier molecular flexibility index (Phi) is 5.10. The van der Waals surface area contributed by atoms with Gasteiger partial charge in [0.1, 0.15) is 11.6 Å². The molecule has 5 heteroatoms. The second-order valence-electron chi connectivity index (χ2n) is 10.9. The number of nitrogens with one attached hydrogen (secondary N) is 3. The topological polar surface area (TPSA) is 69.4 Å². The summed E-state index contributed by atoms with van der Waals surface area (Å²) in [6.45, 7) is 3.07. The van der Waals surface area contributed by atoms with Crippen molar-refractivity contribution in [3.63, 3.8) is 0 Å². The molecule has 37 heavy (non-hydrogen) atoms. The number of H-pyrrole nitrogens is 2. The molecule has 3 aromatic carbocycles. The van der Waals surface area contributed by atoms with Crippen LogP contribution in [0.15, 0.2) is 48.5 Å². The van der Waals surface area contributed by atoms with Crippen LogP contribution in [-0.4, -0.2) is 26.0 Å². The maximum atomic E-state index is 5.02. The standard InChI is InChI=1S/C30H27N5.C2H2/c1-16-10-26(16)31-15-28-32-24-8-5-18(12-27(24)33-28)3-2-17-4-7-21-19(11-17)6-9-25-29(21)35-30(34-25)23-14-20-13-22(20)23;1-2/h4-9,11-12,16,20,22-23,26,31H,10,13-15H2,1H3,(H,32,33)(H,34,35);1-2H/t16?,20-,22?,23-,26?;/m1./s1. The van der Waals surface area contributed by atoms with Crippen LogP contribution in [0.3, 0.4) is 0 Å². The van der Waals surface area contributed by atoms with Crippen LogP contribution in [0.25, 0.3) is 32.8 Å². The van der Waals surface area contributed by atoms with Gasteiger partial charge in [-0.15, -0.1) is 12.8 Å². The van der Waals surface area contributed by atoms with E-state index >= 15 is 0 Å². The van der Waals surface area contributed by atoms with Gasteiger partial charge in [-0.25, -0.2) is 9.97 Å². The molecule has 3 saturated carbocycles. The van der Waals surface area contributed by atoms with Crippen LogP contribution in [-0.2, 0) is 6.54 Å². The van der Waals surface area contributed by atoms with Crippen molar-refractivity contribution in [1.29, 1.82) is 0 Å². The predicted molar refractivity (Wildman–Crippen MR) is 149 cm³/mol. The second kappa shape index (κ2) is 8.51. The Hall–Kier alpha value is -4.06. The predicted octanol–water partition coefficient (Wildman–Crippen LogP) is 5.86. The number of benzene rings is 3. The molecule has 3 aliphatic rings. The minimum absolute atomic E-state index is 0.644. The van der Waals surface area contributed by atoms with Crippen LogP contribution < -0.4 is 5.32 Å². The van der Waals surface area contributed by atoms with E-state index in [1.807, 2.05) is 0 Å². The normalized spacial score (nSPS) is 25.0. The first-order chi connectivity index (χ1) is 18.2. The van der Waals surface area contributed by atoms with E-state index < -0.39 is 0 Å². The smallest absolute Gasteiger partial charge is 0.121 e. The van der Waals surface area contributed by atoms with Gasteiger partial charge in [0.05, 0.1) is 28.6 Å². The van der Waals surface area contributed by atoms with E-state index in [9.17, 15) is 0 Å². The Labute approximate surface area is 216 Å². The fourth-order valence-electron chi connectivity index (χ4n) is 5.93. The first kappa shape index (κ1) is 22.2. The molecule has 0 amide bonds. The molecule has 8 rings (SSSR count). The van der Waals surface area contributed by atoms with E-state index in [1.165, 1.54) is 35.9 Å². The SMILES string of the molecule is C#C.CC1CC1NCc1nc2ccc(C#Cc3ccc4c(ccc5[nH]c([C@@H]6C[C@H]7CC76)nc54)c3)cc2[nH]1. The van der Waals surface area contributed by atoms with Crippen molar-refractivity contribution in [2.45, 2.75) is 44.7 Å². The fourth-order valence-corrected chi connectivity index (χ4v) is 5.93. The summed E-state index contributed by atoms with van der Waals surface area (Å²) in [6.07, 6.45) is 12.0. The summed E-state index contributed by atoms with van der Waals surface area (Å²) in [5.74, 6) is 12.2. The van der Waals surface area contributed by atoms with Crippen LogP contribution in [0.1, 0.15) is 54.9 Å². The molecule has 3 aliphatic carbocycles. The Morgan fingerprint density at radius 2 is 1.73 bits per heavy atom. The summed E-state index contributed by atoms with van der Waals surface area (Å²) < 4.78 is 0. The lowest BCUT2D eigenvalue weighted by Crippen LogP contribution is -2.17. The van der Waals surface area contributed by atoms with E-state index in [0.29, 0.717) is 12.0 Å². The summed E-state index contributed by atoms with van der Waals surface area (Å²) in [5, 5.41) is 5.94. The largest absolute Gasteiger partial charge is 0.342 e. The van der Waals surface area contributed by atoms with Crippen LogP contribution in [0.5, 0.6) is 0 Å². The Bertz CT molecular complexity index is 1740. The molecule has 0 saturated heterocycles. The summed E-state index contributed by atoms with van der Waals surface area (Å²) >= 11 is 0. The number of aromatic nitrogens is 4. The molecule has 3 N–H and O–H groups in total. The van der Waals surface area contributed by atoms with Gasteiger partial charge in [-0.3, -0.25) is 0 Å². The lowest BCUT2D eigenvalue weighted by Gasteiger charge is -2.21. The van der Waals surface area contributed by atoms with Crippen LogP contribution in [0, 0.1) is 42.4 Å². The highest BCUT2D eigenvalue weighted by Gasteiger charge is 2.54. The number of hydrogen-bond donors (Lipinski definition) is 3. The Morgan fingerprint density at radius 1 is 0.919 bits per heavy atom. The molecule has 0 spiro atoms. The van der Waals surface area contributed by atoms with Crippen LogP contribution in [0.4, 0.5) is 0 Å². The van der Waals surface area contributed by atoms with Crippen LogP contribution in [0.2, 0.25) is 0 Å². The second-order valence-corrected chi connectivity index (χ2v) is 10.9. The highest BCUT2D eigenvalue weighted by atomic mass is 15.0. The van der Waals surface area contributed by atoms with Crippen LogP contribution >= 0.6 is 0 Å². The number of aromatic amines is 2. The molecule has 5 aromatic rings. The average Bonchev–Trinajstić information content (AvgIpc) is 3.62. The van der Waals surface area contributed by atoms with Gasteiger partial charge >= 0.3 is 0 Å². The van der Waals surface area contributed by atoms with Gasteiger partial charge in [0.25, 0.3) is 0 Å². The van der Waals surface area contributed by atoms with Crippen molar-refractivity contribution in [1.82, 2.24) is 25.3 Å². The van der Waals surface area contributed by atoms with Gasteiger partial charge in [0.15, 0.2) is 0 Å². The summed E-state index contributed by atoms with van der Waals surface area (Å²) in [7, 11) is 0. The van der Waals surface area contributed by atoms with Crippen molar-refractivity contribution >= 4 is 32.8 Å². The molecular formula is C32H29N5. The maximum Gasteiger partial charge on any atom is 0.121 e. The van der Waals surface area contributed by atoms with Gasteiger partial charge in [0.2, 0.25) is 0 Å². The average molecular weight is 484 g/mol. The minimum atomic E-state index is 0.644. The van der Waals surface area contributed by atoms with E-state index in [0.717, 1.165) is 63.3 Å². The van der Waals surface area contributed by atoms with Gasteiger partial charge < -0.3 is 15.3 Å². The lowest BCUT2D eigenvalue weighted by atomic mass is 9.85. The molecule has 5 atom stereocenters. The van der Waals surface area contributed by atoms with Crippen molar-refractivity contribution in [2.75, 3.05) is 0 Å². The maximum absolute atomic E-state index is 5.02. The third-order valence-corrected chi connectivity index (χ3v) is 8.41. The Morgan fingerprint density at radius 3 is 2.49 bits per heavy atom. The summed E-state index contributed by atoms with van der Waals surface area (Å²) in [6, 6.07) is 17.6. The first-order valence-electron chi connectivity index (χ1n) is 13.2. The third-order valence-electron chi connectivity index (χ3n) is 8.41. The lowest BCUT2D eigenvalue weighted by molar-refractivity contribution is 0.374. The highest BCUT2D eigenvalue weighted by Crippen LogP contribution is 2.63. The zero-order valence-corrected chi connectivity index (χ0v) is 20.9. The van der Waals surface area contributed by atoms with Crippen molar-refractivity contribution in [3.05, 3.63) is 71.3 Å². The molecule has 0 bridgehead atoms. The summed E-state index contributed by atoms with van der Waals surface area (Å²) in [5.41, 5.74) is 6.26. The van der Waals surface area contributed by atoms with Crippen molar-refractivity contribution < 1.29 is 0 Å². The van der Waals surface area contributed by atoms with Gasteiger partial charge in [-0.2, -0.15) is 0 Å². The van der Waals surface area contributed by atoms with Crippen molar-refractivity contribution in [3.8, 4) is 24.7 Å².